The average molecular weight is 248 g/mol. The fraction of sp³-hybridized carbons (Fsp3) is 0.333. The van der Waals surface area contributed by atoms with E-state index in [0.717, 1.165) is 22.4 Å². The van der Waals surface area contributed by atoms with E-state index in [9.17, 15) is 4.21 Å². The zero-order chi connectivity index (χ0) is 12.0. The Labute approximate surface area is 102 Å². The van der Waals surface area contributed by atoms with E-state index in [-0.39, 0.29) is 6.61 Å². The summed E-state index contributed by atoms with van der Waals surface area (Å²) in [5.74, 6) is 0.338. The van der Waals surface area contributed by atoms with Gasteiger partial charge in [0.15, 0.2) is 11.1 Å². The molecule has 1 aliphatic rings. The Morgan fingerprint density at radius 3 is 2.35 bits per heavy atom. The molecular weight excluding hydrogens is 236 g/mol. The Kier molecular flexibility index (Phi) is 2.45. The van der Waals surface area contributed by atoms with E-state index in [0.29, 0.717) is 5.75 Å². The summed E-state index contributed by atoms with van der Waals surface area (Å²) >= 11 is -1.26. The molecule has 1 aromatic carbocycles. The first kappa shape index (κ1) is 10.8. The topological polar surface area (TPSA) is 52.1 Å². The lowest BCUT2D eigenvalue weighted by Gasteiger charge is -2.14. The van der Waals surface area contributed by atoms with Crippen molar-refractivity contribution in [1.29, 1.82) is 0 Å². The molecule has 0 saturated carbocycles. The van der Waals surface area contributed by atoms with Crippen LogP contribution in [0.15, 0.2) is 12.1 Å². The second-order valence-corrected chi connectivity index (χ2v) is 5.38. The van der Waals surface area contributed by atoms with E-state index in [1.807, 2.05) is 12.1 Å². The monoisotopic (exact) mass is 248 g/mol. The molecule has 0 saturated heterocycles. The summed E-state index contributed by atoms with van der Waals surface area (Å²) in [7, 11) is 0. The molecule has 3 rings (SSSR count). The summed E-state index contributed by atoms with van der Waals surface area (Å²) in [6.07, 6.45) is 0. The minimum atomic E-state index is -1.26. The number of benzene rings is 1. The van der Waals surface area contributed by atoms with Crippen molar-refractivity contribution in [3.05, 3.63) is 34.6 Å². The van der Waals surface area contributed by atoms with Crippen LogP contribution in [0.4, 0.5) is 0 Å². The Bertz CT molecular complexity index is 640. The molecule has 17 heavy (non-hydrogen) atoms. The summed E-state index contributed by atoms with van der Waals surface area (Å²) in [4.78, 5) is 9.06. The number of hydrogen-bond donors (Lipinski definition) is 0. The van der Waals surface area contributed by atoms with Gasteiger partial charge in [-0.1, -0.05) is 0 Å². The largest absolute Gasteiger partial charge is 0.284 e. The van der Waals surface area contributed by atoms with Gasteiger partial charge in [-0.3, -0.25) is 4.18 Å². The van der Waals surface area contributed by atoms with Crippen LogP contribution in [0.5, 0.6) is 0 Å². The lowest BCUT2D eigenvalue weighted by molar-refractivity contribution is 0.321. The highest BCUT2D eigenvalue weighted by Gasteiger charge is 2.19. The standard InChI is InChI=1S/C12H12N2O2S/c1-7-3-9-10(4-8(7)2)14-12-6-17(15)16-5-11(12)13-9/h3-4H,5-6H2,1-2H3. The Morgan fingerprint density at radius 2 is 1.71 bits per heavy atom. The van der Waals surface area contributed by atoms with Crippen molar-refractivity contribution in [3.63, 3.8) is 0 Å². The third kappa shape index (κ3) is 1.85. The zero-order valence-corrected chi connectivity index (χ0v) is 10.5. The van der Waals surface area contributed by atoms with Crippen molar-refractivity contribution in [1.82, 2.24) is 9.97 Å². The normalized spacial score (nSPS) is 19.3. The third-order valence-corrected chi connectivity index (χ3v) is 3.91. The third-order valence-electron chi connectivity index (χ3n) is 3.02. The van der Waals surface area contributed by atoms with Crippen LogP contribution in [0.25, 0.3) is 11.0 Å². The minimum absolute atomic E-state index is 0.289. The van der Waals surface area contributed by atoms with Gasteiger partial charge in [0.2, 0.25) is 0 Å². The molecule has 88 valence electrons. The van der Waals surface area contributed by atoms with E-state index in [1.54, 1.807) is 0 Å². The minimum Gasteiger partial charge on any atom is -0.284 e. The van der Waals surface area contributed by atoms with Crippen molar-refractivity contribution in [2.24, 2.45) is 0 Å². The maximum atomic E-state index is 11.3. The quantitative estimate of drug-likeness (QED) is 0.715. The number of aromatic nitrogens is 2. The maximum Gasteiger partial charge on any atom is 0.162 e. The molecule has 0 spiro atoms. The van der Waals surface area contributed by atoms with Crippen LogP contribution in [-0.4, -0.2) is 14.2 Å². The van der Waals surface area contributed by atoms with Gasteiger partial charge in [-0.05, 0) is 37.1 Å². The second kappa shape index (κ2) is 3.85. The van der Waals surface area contributed by atoms with Gasteiger partial charge < -0.3 is 0 Å². The van der Waals surface area contributed by atoms with E-state index in [2.05, 4.69) is 23.8 Å². The molecule has 0 bridgehead atoms. The van der Waals surface area contributed by atoms with E-state index >= 15 is 0 Å². The number of nitrogens with zero attached hydrogens (tertiary/aromatic N) is 2. The van der Waals surface area contributed by atoms with Crippen LogP contribution in [0.1, 0.15) is 22.5 Å². The van der Waals surface area contributed by atoms with Crippen molar-refractivity contribution < 1.29 is 8.39 Å². The van der Waals surface area contributed by atoms with Gasteiger partial charge in [0.25, 0.3) is 0 Å². The van der Waals surface area contributed by atoms with Crippen LogP contribution in [-0.2, 0) is 27.6 Å². The van der Waals surface area contributed by atoms with Gasteiger partial charge in [-0.25, -0.2) is 14.2 Å². The molecule has 0 aliphatic carbocycles. The van der Waals surface area contributed by atoms with Gasteiger partial charge in [0, 0.05) is 0 Å². The maximum absolute atomic E-state index is 11.3. The summed E-state index contributed by atoms with van der Waals surface area (Å²) in [5, 5.41) is 0. The Hall–Kier alpha value is -1.33. The predicted octanol–water partition coefficient (Wildman–Crippen LogP) is 1.94. The lowest BCUT2D eigenvalue weighted by atomic mass is 10.1. The van der Waals surface area contributed by atoms with Crippen molar-refractivity contribution in [2.75, 3.05) is 0 Å². The molecule has 1 aliphatic heterocycles. The Morgan fingerprint density at radius 1 is 1.12 bits per heavy atom. The molecule has 4 nitrogen and oxygen atoms in total. The van der Waals surface area contributed by atoms with Crippen LogP contribution in [0.3, 0.4) is 0 Å². The molecule has 1 aromatic heterocycles. The number of fused-ring (bicyclic) bond motifs is 2. The first-order chi connectivity index (χ1) is 8.13. The van der Waals surface area contributed by atoms with Crippen molar-refractivity contribution in [3.8, 4) is 0 Å². The molecule has 0 fully saturated rings. The van der Waals surface area contributed by atoms with E-state index in [4.69, 9.17) is 4.18 Å². The molecule has 0 amide bonds. The highest BCUT2D eigenvalue weighted by Crippen LogP contribution is 2.22. The molecule has 0 N–H and O–H groups in total. The van der Waals surface area contributed by atoms with Crippen molar-refractivity contribution in [2.45, 2.75) is 26.2 Å². The molecule has 0 radical (unpaired) electrons. The van der Waals surface area contributed by atoms with E-state index in [1.165, 1.54) is 11.1 Å². The SMILES string of the molecule is Cc1cc2nc3c(nc2cc1C)CS(=O)OC3. The average Bonchev–Trinajstić information content (AvgIpc) is 2.28. The summed E-state index contributed by atoms with van der Waals surface area (Å²) < 4.78 is 16.4. The predicted molar refractivity (Wildman–Crippen MR) is 65.6 cm³/mol. The first-order valence-corrected chi connectivity index (χ1v) is 6.66. The zero-order valence-electron chi connectivity index (χ0n) is 9.69. The van der Waals surface area contributed by atoms with Crippen LogP contribution in [0.2, 0.25) is 0 Å². The van der Waals surface area contributed by atoms with Gasteiger partial charge >= 0.3 is 0 Å². The van der Waals surface area contributed by atoms with Crippen LogP contribution >= 0.6 is 0 Å². The van der Waals surface area contributed by atoms with Gasteiger partial charge in [0.05, 0.1) is 28.2 Å². The molecule has 5 heteroatoms. The smallest absolute Gasteiger partial charge is 0.162 e. The molecule has 2 heterocycles. The first-order valence-electron chi connectivity index (χ1n) is 5.42. The highest BCUT2D eigenvalue weighted by atomic mass is 32.2. The molecular formula is C12H12N2O2S. The van der Waals surface area contributed by atoms with Gasteiger partial charge in [-0.15, -0.1) is 0 Å². The summed E-state index contributed by atoms with van der Waals surface area (Å²) in [5.41, 5.74) is 5.74. The molecule has 2 aromatic rings. The van der Waals surface area contributed by atoms with Gasteiger partial charge in [0.1, 0.15) is 6.61 Å². The molecule has 1 unspecified atom stereocenters. The lowest BCUT2D eigenvalue weighted by Crippen LogP contribution is -2.14. The van der Waals surface area contributed by atoms with Crippen molar-refractivity contribution >= 4 is 22.1 Å². The summed E-state index contributed by atoms with van der Waals surface area (Å²) in [6.45, 7) is 4.40. The highest BCUT2D eigenvalue weighted by molar-refractivity contribution is 7.79. The molecule has 1 atom stereocenters. The van der Waals surface area contributed by atoms with Gasteiger partial charge in [-0.2, -0.15) is 0 Å². The number of aryl methyl sites for hydroxylation is 2. The summed E-state index contributed by atoms with van der Waals surface area (Å²) in [6, 6.07) is 4.06. The number of hydrogen-bond acceptors (Lipinski definition) is 4. The number of rotatable bonds is 0. The fourth-order valence-corrected chi connectivity index (χ4v) is 2.67. The van der Waals surface area contributed by atoms with Crippen LogP contribution in [0, 0.1) is 13.8 Å². The van der Waals surface area contributed by atoms with Crippen LogP contribution < -0.4 is 0 Å². The van der Waals surface area contributed by atoms with E-state index < -0.39 is 11.1 Å². The second-order valence-electron chi connectivity index (χ2n) is 4.25. The fourth-order valence-electron chi connectivity index (χ4n) is 1.89. The Balaban J connectivity index is 2.25.